The molecule has 0 spiro atoms. The molecule has 1 aromatic rings. The molecule has 0 aliphatic carbocycles. The summed E-state index contributed by atoms with van der Waals surface area (Å²) in [6.45, 7) is 5.54. The first-order valence-corrected chi connectivity index (χ1v) is 9.30. The van der Waals surface area contributed by atoms with Crippen LogP contribution in [0.1, 0.15) is 38.4 Å². The third kappa shape index (κ3) is 4.78. The summed E-state index contributed by atoms with van der Waals surface area (Å²) in [5.74, 6) is 0.769. The molecule has 1 aliphatic heterocycles. The Balaban J connectivity index is 1.85. The fourth-order valence-corrected chi connectivity index (χ4v) is 4.52. The molecule has 3 atom stereocenters. The van der Waals surface area contributed by atoms with Gasteiger partial charge in [0.15, 0.2) is 0 Å². The summed E-state index contributed by atoms with van der Waals surface area (Å²) in [4.78, 5) is 0. The average Bonchev–Trinajstić information content (AvgIpc) is 2.47. The molecule has 1 fully saturated rings. The van der Waals surface area contributed by atoms with E-state index < -0.39 is 16.3 Å². The standard InChI is InChI=1S/C16H26N2O3S/c1-13-10-14(2)12-18(11-13)22(20,21)17-9-8-16(19)15-6-4-3-5-7-15/h3-7,13-14,16-17,19H,8-12H2,1-2H3/t13-,14+,16-/m0/s1. The zero-order valence-corrected chi connectivity index (χ0v) is 14.1. The van der Waals surface area contributed by atoms with Crippen LogP contribution in [-0.2, 0) is 10.2 Å². The maximum Gasteiger partial charge on any atom is 0.279 e. The van der Waals surface area contributed by atoms with Crippen LogP contribution in [0.25, 0.3) is 0 Å². The highest BCUT2D eigenvalue weighted by Gasteiger charge is 2.30. The highest BCUT2D eigenvalue weighted by atomic mass is 32.2. The van der Waals surface area contributed by atoms with E-state index in [-0.39, 0.29) is 6.54 Å². The van der Waals surface area contributed by atoms with Crippen molar-refractivity contribution in [1.29, 1.82) is 0 Å². The zero-order chi connectivity index (χ0) is 16.2. The Morgan fingerprint density at radius 1 is 1.23 bits per heavy atom. The SMILES string of the molecule is C[C@@H]1C[C@H](C)CN(S(=O)(=O)NCC[C@H](O)c2ccccc2)C1. The Hall–Kier alpha value is -0.950. The van der Waals surface area contributed by atoms with Gasteiger partial charge in [-0.05, 0) is 30.2 Å². The van der Waals surface area contributed by atoms with Crippen molar-refractivity contribution >= 4 is 10.2 Å². The molecule has 0 unspecified atom stereocenters. The van der Waals surface area contributed by atoms with Gasteiger partial charge in [-0.25, -0.2) is 4.72 Å². The summed E-state index contributed by atoms with van der Waals surface area (Å²) in [5, 5.41) is 10.1. The van der Waals surface area contributed by atoms with Crippen LogP contribution in [-0.4, -0.2) is 37.5 Å². The Kier molecular flexibility index (Phi) is 5.97. The lowest BCUT2D eigenvalue weighted by Gasteiger charge is -2.34. The summed E-state index contributed by atoms with van der Waals surface area (Å²) in [5.41, 5.74) is 0.807. The zero-order valence-electron chi connectivity index (χ0n) is 13.3. The van der Waals surface area contributed by atoms with E-state index in [1.807, 2.05) is 30.3 Å². The fourth-order valence-electron chi connectivity index (χ4n) is 3.06. The van der Waals surface area contributed by atoms with Crippen molar-refractivity contribution < 1.29 is 13.5 Å². The monoisotopic (exact) mass is 326 g/mol. The summed E-state index contributed by atoms with van der Waals surface area (Å²) in [6, 6.07) is 9.29. The number of nitrogens with zero attached hydrogens (tertiary/aromatic N) is 1. The van der Waals surface area contributed by atoms with Crippen molar-refractivity contribution in [2.24, 2.45) is 11.8 Å². The Labute approximate surface area is 133 Å². The number of benzene rings is 1. The second kappa shape index (κ2) is 7.55. The number of aliphatic hydroxyl groups is 1. The van der Waals surface area contributed by atoms with Crippen LogP contribution >= 0.6 is 0 Å². The molecular formula is C16H26N2O3S. The molecule has 6 heteroatoms. The van der Waals surface area contributed by atoms with Crippen molar-refractivity contribution in [2.45, 2.75) is 32.8 Å². The Morgan fingerprint density at radius 3 is 2.41 bits per heavy atom. The molecule has 1 saturated heterocycles. The van der Waals surface area contributed by atoms with Gasteiger partial charge in [-0.2, -0.15) is 12.7 Å². The van der Waals surface area contributed by atoms with E-state index in [9.17, 15) is 13.5 Å². The first-order chi connectivity index (χ1) is 10.4. The highest BCUT2D eigenvalue weighted by Crippen LogP contribution is 2.22. The molecule has 0 bridgehead atoms. The van der Waals surface area contributed by atoms with Crippen LogP contribution in [0.3, 0.4) is 0 Å². The topological polar surface area (TPSA) is 69.6 Å². The molecule has 124 valence electrons. The first kappa shape index (κ1) is 17.4. The molecule has 1 heterocycles. The third-order valence-corrected chi connectivity index (χ3v) is 5.61. The van der Waals surface area contributed by atoms with E-state index in [1.165, 1.54) is 4.31 Å². The first-order valence-electron chi connectivity index (χ1n) is 7.86. The maximum absolute atomic E-state index is 12.3. The van der Waals surface area contributed by atoms with Crippen LogP contribution in [0.15, 0.2) is 30.3 Å². The molecule has 0 saturated carbocycles. The molecule has 0 radical (unpaired) electrons. The molecule has 5 nitrogen and oxygen atoms in total. The third-order valence-electron chi connectivity index (χ3n) is 4.06. The molecular weight excluding hydrogens is 300 g/mol. The van der Waals surface area contributed by atoms with Gasteiger partial charge in [0.05, 0.1) is 6.10 Å². The summed E-state index contributed by atoms with van der Waals surface area (Å²) < 4.78 is 28.8. The molecule has 0 aromatic heterocycles. The number of hydrogen-bond acceptors (Lipinski definition) is 3. The smallest absolute Gasteiger partial charge is 0.279 e. The van der Waals surface area contributed by atoms with Gasteiger partial charge in [-0.1, -0.05) is 44.2 Å². The minimum Gasteiger partial charge on any atom is -0.388 e. The van der Waals surface area contributed by atoms with E-state index >= 15 is 0 Å². The quantitative estimate of drug-likeness (QED) is 0.839. The molecule has 0 amide bonds. The van der Waals surface area contributed by atoms with Crippen molar-refractivity contribution in [1.82, 2.24) is 9.03 Å². The van der Waals surface area contributed by atoms with Crippen molar-refractivity contribution in [3.8, 4) is 0 Å². The van der Waals surface area contributed by atoms with Gasteiger partial charge in [-0.15, -0.1) is 0 Å². The average molecular weight is 326 g/mol. The lowest BCUT2D eigenvalue weighted by molar-refractivity contribution is 0.168. The normalized spacial score (nSPS) is 25.0. The predicted molar refractivity (Wildman–Crippen MR) is 87.5 cm³/mol. The number of piperidine rings is 1. The Bertz CT molecular complexity index is 552. The number of hydrogen-bond donors (Lipinski definition) is 2. The van der Waals surface area contributed by atoms with E-state index in [1.54, 1.807) is 0 Å². The lowest BCUT2D eigenvalue weighted by Crippen LogP contribution is -2.48. The van der Waals surface area contributed by atoms with Crippen LogP contribution < -0.4 is 4.72 Å². The number of nitrogens with one attached hydrogen (secondary N) is 1. The van der Waals surface area contributed by atoms with Gasteiger partial charge >= 0.3 is 0 Å². The van der Waals surface area contributed by atoms with Gasteiger partial charge in [0.25, 0.3) is 10.2 Å². The van der Waals surface area contributed by atoms with Gasteiger partial charge in [0.2, 0.25) is 0 Å². The summed E-state index contributed by atoms with van der Waals surface area (Å²) in [6.07, 6.45) is 0.782. The largest absolute Gasteiger partial charge is 0.388 e. The van der Waals surface area contributed by atoms with E-state index in [0.717, 1.165) is 12.0 Å². The molecule has 22 heavy (non-hydrogen) atoms. The number of rotatable bonds is 6. The minimum atomic E-state index is -3.45. The fraction of sp³-hybridized carbons (Fsp3) is 0.625. The lowest BCUT2D eigenvalue weighted by atomic mass is 9.94. The maximum atomic E-state index is 12.3. The van der Waals surface area contributed by atoms with Crippen molar-refractivity contribution in [2.75, 3.05) is 19.6 Å². The van der Waals surface area contributed by atoms with Crippen LogP contribution in [0.2, 0.25) is 0 Å². The van der Waals surface area contributed by atoms with Gasteiger partial charge in [-0.3, -0.25) is 0 Å². The van der Waals surface area contributed by atoms with E-state index in [0.29, 0.717) is 31.3 Å². The van der Waals surface area contributed by atoms with Crippen molar-refractivity contribution in [3.63, 3.8) is 0 Å². The highest BCUT2D eigenvalue weighted by molar-refractivity contribution is 7.87. The van der Waals surface area contributed by atoms with Crippen molar-refractivity contribution in [3.05, 3.63) is 35.9 Å². The molecule has 2 N–H and O–H groups in total. The second-order valence-electron chi connectivity index (χ2n) is 6.38. The summed E-state index contributed by atoms with van der Waals surface area (Å²) in [7, 11) is -3.45. The molecule has 1 aliphatic rings. The second-order valence-corrected chi connectivity index (χ2v) is 8.13. The molecule has 1 aromatic carbocycles. The van der Waals surface area contributed by atoms with Gasteiger partial charge in [0.1, 0.15) is 0 Å². The van der Waals surface area contributed by atoms with Gasteiger partial charge in [0, 0.05) is 19.6 Å². The van der Waals surface area contributed by atoms with E-state index in [2.05, 4.69) is 18.6 Å². The van der Waals surface area contributed by atoms with Gasteiger partial charge < -0.3 is 5.11 Å². The summed E-state index contributed by atoms with van der Waals surface area (Å²) >= 11 is 0. The van der Waals surface area contributed by atoms with Crippen LogP contribution in [0, 0.1) is 11.8 Å². The Morgan fingerprint density at radius 2 is 1.82 bits per heavy atom. The predicted octanol–water partition coefficient (Wildman–Crippen LogP) is 1.92. The molecule has 2 rings (SSSR count). The van der Waals surface area contributed by atoms with Crippen LogP contribution in [0.4, 0.5) is 0 Å². The number of aliphatic hydroxyl groups excluding tert-OH is 1. The van der Waals surface area contributed by atoms with Crippen LogP contribution in [0.5, 0.6) is 0 Å². The van der Waals surface area contributed by atoms with E-state index in [4.69, 9.17) is 0 Å². The minimum absolute atomic E-state index is 0.234.